The Morgan fingerprint density at radius 3 is 2.42 bits per heavy atom. The van der Waals surface area contributed by atoms with E-state index in [0.29, 0.717) is 12.1 Å². The Balaban J connectivity index is 2.79. The molecule has 0 saturated heterocycles. The molecule has 0 aliphatic carbocycles. The maximum atomic E-state index is 12.4. The lowest BCUT2D eigenvalue weighted by Gasteiger charge is -2.27. The smallest absolute Gasteiger partial charge is 0.179 e. The average molecular weight is 323 g/mol. The number of benzene rings is 1. The molecule has 1 rings (SSSR count). The third kappa shape index (κ3) is 4.45. The van der Waals surface area contributed by atoms with Gasteiger partial charge in [0.05, 0.1) is 18.0 Å². The van der Waals surface area contributed by atoms with Gasteiger partial charge >= 0.3 is 0 Å². The number of carbonyl (C=O) groups excluding carboxylic acids is 1. The summed E-state index contributed by atoms with van der Waals surface area (Å²) in [5.41, 5.74) is 0.707. The van der Waals surface area contributed by atoms with Crippen molar-refractivity contribution in [2.24, 2.45) is 5.92 Å². The van der Waals surface area contributed by atoms with E-state index >= 15 is 0 Å². The summed E-state index contributed by atoms with van der Waals surface area (Å²) in [7, 11) is 0. The van der Waals surface area contributed by atoms with Crippen LogP contribution in [0.1, 0.15) is 31.1 Å². The maximum absolute atomic E-state index is 12.4. The Kier molecular flexibility index (Phi) is 6.20. The highest BCUT2D eigenvalue weighted by molar-refractivity contribution is 9.10. The number of hydrogen-bond acceptors (Lipinski definition) is 3. The van der Waals surface area contributed by atoms with Gasteiger partial charge in [0.15, 0.2) is 5.78 Å². The minimum absolute atomic E-state index is 0.0693. The van der Waals surface area contributed by atoms with Crippen LogP contribution in [0.25, 0.3) is 0 Å². The van der Waals surface area contributed by atoms with Crippen LogP contribution in [0.2, 0.25) is 0 Å². The van der Waals surface area contributed by atoms with Crippen molar-refractivity contribution in [2.75, 3.05) is 13.1 Å². The van der Waals surface area contributed by atoms with Crippen LogP contribution in [-0.2, 0) is 0 Å². The summed E-state index contributed by atoms with van der Waals surface area (Å²) in [6, 6.07) is 9.39. The van der Waals surface area contributed by atoms with Crippen molar-refractivity contribution in [2.45, 2.75) is 26.8 Å². The Hall–Kier alpha value is -1.18. The first kappa shape index (κ1) is 15.9. The first-order valence-electron chi connectivity index (χ1n) is 6.43. The van der Waals surface area contributed by atoms with Crippen molar-refractivity contribution < 1.29 is 4.79 Å². The van der Waals surface area contributed by atoms with Crippen molar-refractivity contribution in [3.05, 3.63) is 34.3 Å². The van der Waals surface area contributed by atoms with Gasteiger partial charge in [-0.15, -0.1) is 0 Å². The zero-order valence-electron chi connectivity index (χ0n) is 11.6. The molecule has 0 heterocycles. The van der Waals surface area contributed by atoms with Gasteiger partial charge in [0.2, 0.25) is 0 Å². The largest absolute Gasteiger partial charge is 0.292 e. The number of ketones is 1. The standard InChI is InChI=1S/C15H19BrN2O/c1-4-18(10-11(2)9-17)12(3)15(19)13-5-7-14(16)8-6-13/h5-8,11-12H,4,10H2,1-3H3. The number of carbonyl (C=O) groups is 1. The fraction of sp³-hybridized carbons (Fsp3) is 0.467. The fourth-order valence-electron chi connectivity index (χ4n) is 1.97. The van der Waals surface area contributed by atoms with Gasteiger partial charge in [-0.05, 0) is 32.5 Å². The number of halogens is 1. The van der Waals surface area contributed by atoms with E-state index in [1.807, 2.05) is 49.9 Å². The summed E-state index contributed by atoms with van der Waals surface area (Å²) < 4.78 is 0.960. The molecule has 0 aromatic heterocycles. The third-order valence-electron chi connectivity index (χ3n) is 3.19. The number of hydrogen-bond donors (Lipinski definition) is 0. The Morgan fingerprint density at radius 1 is 1.37 bits per heavy atom. The third-order valence-corrected chi connectivity index (χ3v) is 3.72. The van der Waals surface area contributed by atoms with E-state index < -0.39 is 0 Å². The SMILES string of the molecule is CCN(CC(C)C#N)C(C)C(=O)c1ccc(Br)cc1. The zero-order valence-corrected chi connectivity index (χ0v) is 13.1. The molecule has 2 unspecified atom stereocenters. The molecular weight excluding hydrogens is 304 g/mol. The number of rotatable bonds is 6. The van der Waals surface area contributed by atoms with E-state index in [4.69, 9.17) is 5.26 Å². The molecule has 0 bridgehead atoms. The molecule has 19 heavy (non-hydrogen) atoms. The quantitative estimate of drug-likeness (QED) is 0.753. The highest BCUT2D eigenvalue weighted by atomic mass is 79.9. The fourth-order valence-corrected chi connectivity index (χ4v) is 2.24. The highest BCUT2D eigenvalue weighted by Gasteiger charge is 2.22. The Morgan fingerprint density at radius 2 is 1.95 bits per heavy atom. The Labute approximate surface area is 123 Å². The van der Waals surface area contributed by atoms with Gasteiger partial charge in [0, 0.05) is 16.6 Å². The molecule has 1 aromatic rings. The van der Waals surface area contributed by atoms with E-state index in [0.717, 1.165) is 11.0 Å². The first-order valence-corrected chi connectivity index (χ1v) is 7.22. The van der Waals surface area contributed by atoms with Crippen molar-refractivity contribution in [1.29, 1.82) is 5.26 Å². The lowest BCUT2D eigenvalue weighted by atomic mass is 10.0. The summed E-state index contributed by atoms with van der Waals surface area (Å²) in [5, 5.41) is 8.88. The van der Waals surface area contributed by atoms with Crippen LogP contribution in [0.4, 0.5) is 0 Å². The van der Waals surface area contributed by atoms with Gasteiger partial charge in [-0.2, -0.15) is 5.26 Å². The van der Waals surface area contributed by atoms with Crippen molar-refractivity contribution in [3.8, 4) is 6.07 Å². The average Bonchev–Trinajstić information content (AvgIpc) is 2.43. The van der Waals surface area contributed by atoms with Crippen molar-refractivity contribution in [1.82, 2.24) is 4.90 Å². The molecule has 0 N–H and O–H groups in total. The van der Waals surface area contributed by atoms with Crippen LogP contribution in [0.5, 0.6) is 0 Å². The van der Waals surface area contributed by atoms with Gasteiger partial charge in [0.1, 0.15) is 0 Å². The first-order chi connectivity index (χ1) is 8.99. The lowest BCUT2D eigenvalue weighted by molar-refractivity contribution is 0.0835. The van der Waals surface area contributed by atoms with E-state index in [1.165, 1.54) is 0 Å². The predicted molar refractivity (Wildman–Crippen MR) is 80.0 cm³/mol. The molecular formula is C15H19BrN2O. The van der Waals surface area contributed by atoms with E-state index in [9.17, 15) is 4.79 Å². The van der Waals surface area contributed by atoms with Crippen LogP contribution in [0.3, 0.4) is 0 Å². The minimum Gasteiger partial charge on any atom is -0.292 e. The number of likely N-dealkylation sites (N-methyl/N-ethyl adjacent to an activating group) is 1. The molecule has 0 aliphatic heterocycles. The van der Waals surface area contributed by atoms with E-state index in [2.05, 4.69) is 22.0 Å². The Bertz CT molecular complexity index is 464. The van der Waals surface area contributed by atoms with Crippen molar-refractivity contribution >= 4 is 21.7 Å². The summed E-state index contributed by atoms with van der Waals surface area (Å²) >= 11 is 3.36. The summed E-state index contributed by atoms with van der Waals surface area (Å²) in [6.07, 6.45) is 0. The molecule has 0 amide bonds. The number of nitrogens with zero attached hydrogens (tertiary/aromatic N) is 2. The van der Waals surface area contributed by atoms with Crippen molar-refractivity contribution in [3.63, 3.8) is 0 Å². The molecule has 0 saturated carbocycles. The second-order valence-corrected chi connectivity index (χ2v) is 5.58. The molecule has 102 valence electrons. The molecule has 3 nitrogen and oxygen atoms in total. The molecule has 0 spiro atoms. The second-order valence-electron chi connectivity index (χ2n) is 4.66. The lowest BCUT2D eigenvalue weighted by Crippen LogP contribution is -2.41. The topological polar surface area (TPSA) is 44.1 Å². The minimum atomic E-state index is -0.207. The zero-order chi connectivity index (χ0) is 14.4. The monoisotopic (exact) mass is 322 g/mol. The molecule has 0 aliphatic rings. The van der Waals surface area contributed by atoms with Crippen LogP contribution < -0.4 is 0 Å². The van der Waals surface area contributed by atoms with Gasteiger partial charge in [0.25, 0.3) is 0 Å². The van der Waals surface area contributed by atoms with Gasteiger partial charge in [-0.25, -0.2) is 0 Å². The molecule has 2 atom stereocenters. The molecule has 0 fully saturated rings. The van der Waals surface area contributed by atoms with Gasteiger partial charge in [-0.1, -0.05) is 35.0 Å². The summed E-state index contributed by atoms with van der Waals surface area (Å²) in [5.74, 6) is 0.0274. The number of nitriles is 1. The molecule has 1 aromatic carbocycles. The van der Waals surface area contributed by atoms with E-state index in [1.54, 1.807) is 0 Å². The normalized spacial score (nSPS) is 13.9. The van der Waals surface area contributed by atoms with Gasteiger partial charge in [-0.3, -0.25) is 9.69 Å². The summed E-state index contributed by atoms with van der Waals surface area (Å²) in [4.78, 5) is 14.4. The van der Waals surface area contributed by atoms with Gasteiger partial charge < -0.3 is 0 Å². The van der Waals surface area contributed by atoms with Crippen LogP contribution in [-0.4, -0.2) is 29.8 Å². The number of Topliss-reactive ketones (excluding diaryl/α,β-unsaturated/α-hetero) is 1. The second kappa shape index (κ2) is 7.42. The van der Waals surface area contributed by atoms with Crippen LogP contribution in [0.15, 0.2) is 28.7 Å². The molecule has 0 radical (unpaired) electrons. The summed E-state index contributed by atoms with van der Waals surface area (Å²) in [6.45, 7) is 7.17. The van der Waals surface area contributed by atoms with E-state index in [-0.39, 0.29) is 17.7 Å². The molecule has 4 heteroatoms. The highest BCUT2D eigenvalue weighted by Crippen LogP contribution is 2.14. The predicted octanol–water partition coefficient (Wildman–Crippen LogP) is 3.50. The maximum Gasteiger partial charge on any atom is 0.179 e. The van der Waals surface area contributed by atoms with Crippen LogP contribution in [0, 0.1) is 17.2 Å². The van der Waals surface area contributed by atoms with Crippen LogP contribution >= 0.6 is 15.9 Å².